The fraction of sp³-hybridized carbons (Fsp3) is 0.333. The number of fused-ring (bicyclic) bond motifs is 1. The molecule has 1 atom stereocenters. The molecule has 1 unspecified atom stereocenters. The molecule has 1 aliphatic carbocycles. The Labute approximate surface area is 131 Å². The van der Waals surface area contributed by atoms with Crippen LogP contribution in [0.4, 0.5) is 5.69 Å². The Bertz CT molecular complexity index is 626. The molecule has 2 aromatic rings. The van der Waals surface area contributed by atoms with Crippen molar-refractivity contribution in [2.75, 3.05) is 11.9 Å². The van der Waals surface area contributed by atoms with Gasteiger partial charge in [-0.05, 0) is 55.5 Å². The summed E-state index contributed by atoms with van der Waals surface area (Å²) in [5.41, 5.74) is 3.91. The van der Waals surface area contributed by atoms with E-state index in [1.807, 2.05) is 25.1 Å². The van der Waals surface area contributed by atoms with Crippen molar-refractivity contribution in [3.05, 3.63) is 58.6 Å². The van der Waals surface area contributed by atoms with Crippen molar-refractivity contribution < 1.29 is 4.74 Å². The second kappa shape index (κ2) is 6.40. The molecule has 3 rings (SSSR count). The monoisotopic (exact) mass is 301 g/mol. The van der Waals surface area contributed by atoms with Crippen LogP contribution in [0.1, 0.15) is 36.9 Å². The molecule has 0 aromatic heterocycles. The van der Waals surface area contributed by atoms with E-state index in [2.05, 4.69) is 29.6 Å². The maximum absolute atomic E-state index is 6.26. The Kier molecular flexibility index (Phi) is 4.35. The van der Waals surface area contributed by atoms with Crippen LogP contribution in [0.3, 0.4) is 0 Å². The first-order valence-electron chi connectivity index (χ1n) is 7.54. The Morgan fingerprint density at radius 2 is 2.10 bits per heavy atom. The van der Waals surface area contributed by atoms with Crippen molar-refractivity contribution in [2.45, 2.75) is 32.2 Å². The minimum Gasteiger partial charge on any atom is -0.492 e. The average Bonchev–Trinajstić information content (AvgIpc) is 2.51. The average molecular weight is 302 g/mol. The molecule has 0 aliphatic heterocycles. The van der Waals surface area contributed by atoms with Gasteiger partial charge in [-0.2, -0.15) is 0 Å². The number of hydrogen-bond acceptors (Lipinski definition) is 2. The van der Waals surface area contributed by atoms with E-state index in [0.717, 1.165) is 17.9 Å². The van der Waals surface area contributed by atoms with Gasteiger partial charge in [-0.1, -0.05) is 35.9 Å². The number of hydrogen-bond donors (Lipinski definition) is 1. The van der Waals surface area contributed by atoms with Gasteiger partial charge in [0.25, 0.3) is 0 Å². The molecular weight excluding hydrogens is 282 g/mol. The van der Waals surface area contributed by atoms with E-state index < -0.39 is 0 Å². The molecule has 21 heavy (non-hydrogen) atoms. The number of anilines is 1. The Morgan fingerprint density at radius 3 is 2.90 bits per heavy atom. The van der Waals surface area contributed by atoms with E-state index in [-0.39, 0.29) is 0 Å². The highest BCUT2D eigenvalue weighted by Gasteiger charge is 2.19. The maximum Gasteiger partial charge on any atom is 0.138 e. The zero-order chi connectivity index (χ0) is 14.7. The van der Waals surface area contributed by atoms with Crippen LogP contribution in [0.25, 0.3) is 0 Å². The summed E-state index contributed by atoms with van der Waals surface area (Å²) in [5, 5.41) is 4.27. The lowest BCUT2D eigenvalue weighted by atomic mass is 9.87. The molecule has 0 saturated heterocycles. The number of halogens is 1. The van der Waals surface area contributed by atoms with Crippen LogP contribution in [0, 0.1) is 0 Å². The van der Waals surface area contributed by atoms with Gasteiger partial charge < -0.3 is 10.1 Å². The Balaban J connectivity index is 1.80. The van der Waals surface area contributed by atoms with Crippen LogP contribution in [-0.2, 0) is 6.42 Å². The van der Waals surface area contributed by atoms with Crippen molar-refractivity contribution in [3.8, 4) is 5.75 Å². The summed E-state index contributed by atoms with van der Waals surface area (Å²) in [4.78, 5) is 0. The van der Waals surface area contributed by atoms with Crippen molar-refractivity contribution in [3.63, 3.8) is 0 Å². The van der Waals surface area contributed by atoms with Gasteiger partial charge in [0.1, 0.15) is 5.75 Å². The highest BCUT2D eigenvalue weighted by Crippen LogP contribution is 2.34. The minimum absolute atomic E-state index is 0.365. The molecule has 0 spiro atoms. The van der Waals surface area contributed by atoms with Gasteiger partial charge in [0, 0.05) is 5.69 Å². The van der Waals surface area contributed by atoms with Gasteiger partial charge in [-0.15, -0.1) is 0 Å². The highest BCUT2D eigenvalue weighted by atomic mass is 35.5. The third kappa shape index (κ3) is 3.16. The fourth-order valence-electron chi connectivity index (χ4n) is 2.97. The van der Waals surface area contributed by atoms with Gasteiger partial charge in [-0.25, -0.2) is 0 Å². The third-order valence-corrected chi connectivity index (χ3v) is 4.24. The maximum atomic E-state index is 6.26. The van der Waals surface area contributed by atoms with Gasteiger partial charge in [-0.3, -0.25) is 0 Å². The molecule has 3 heteroatoms. The summed E-state index contributed by atoms with van der Waals surface area (Å²) < 4.78 is 5.48. The van der Waals surface area contributed by atoms with E-state index in [4.69, 9.17) is 16.3 Å². The van der Waals surface area contributed by atoms with Crippen LogP contribution in [0.2, 0.25) is 5.02 Å². The molecule has 2 aromatic carbocycles. The summed E-state index contributed by atoms with van der Waals surface area (Å²) in [6.07, 6.45) is 3.56. The molecule has 1 aliphatic rings. The smallest absolute Gasteiger partial charge is 0.138 e. The van der Waals surface area contributed by atoms with Crippen LogP contribution < -0.4 is 10.1 Å². The molecule has 0 saturated carbocycles. The third-order valence-electron chi connectivity index (χ3n) is 3.94. The second-order valence-corrected chi connectivity index (χ2v) is 5.77. The molecular formula is C18H20ClNO. The summed E-state index contributed by atoms with van der Waals surface area (Å²) in [5.74, 6) is 0.744. The van der Waals surface area contributed by atoms with Crippen molar-refractivity contribution in [1.29, 1.82) is 0 Å². The Hall–Kier alpha value is -1.67. The molecule has 110 valence electrons. The zero-order valence-electron chi connectivity index (χ0n) is 12.2. The molecule has 2 nitrogen and oxygen atoms in total. The summed E-state index contributed by atoms with van der Waals surface area (Å²) in [7, 11) is 0. The quantitative estimate of drug-likeness (QED) is 0.835. The van der Waals surface area contributed by atoms with Crippen molar-refractivity contribution in [1.82, 2.24) is 0 Å². The lowest BCUT2D eigenvalue weighted by Crippen LogP contribution is -2.17. The first kappa shape index (κ1) is 14.3. The molecule has 0 fully saturated rings. The van der Waals surface area contributed by atoms with E-state index in [1.54, 1.807) is 0 Å². The van der Waals surface area contributed by atoms with Gasteiger partial charge >= 0.3 is 0 Å². The molecule has 0 amide bonds. The zero-order valence-corrected chi connectivity index (χ0v) is 13.0. The highest BCUT2D eigenvalue weighted by molar-refractivity contribution is 6.32. The topological polar surface area (TPSA) is 21.3 Å². The van der Waals surface area contributed by atoms with E-state index in [9.17, 15) is 0 Å². The van der Waals surface area contributed by atoms with E-state index in [0.29, 0.717) is 17.7 Å². The number of ether oxygens (including phenoxy) is 1. The lowest BCUT2D eigenvalue weighted by Gasteiger charge is -2.27. The molecule has 1 N–H and O–H groups in total. The first-order valence-corrected chi connectivity index (χ1v) is 7.92. The molecule has 0 heterocycles. The van der Waals surface area contributed by atoms with E-state index >= 15 is 0 Å². The molecule has 0 radical (unpaired) electrons. The second-order valence-electron chi connectivity index (χ2n) is 5.37. The van der Waals surface area contributed by atoms with Gasteiger partial charge in [0.15, 0.2) is 0 Å². The standard InChI is InChI=1S/C18H20ClNO/c1-2-21-18-11-10-14(12-16(18)19)20-17-9-5-7-13-6-3-4-8-15(13)17/h3-4,6,8,10-12,17,20H,2,5,7,9H2,1H3. The lowest BCUT2D eigenvalue weighted by molar-refractivity contribution is 0.340. The normalized spacial score (nSPS) is 17.1. The van der Waals surface area contributed by atoms with Crippen molar-refractivity contribution >= 4 is 17.3 Å². The number of aryl methyl sites for hydroxylation is 1. The first-order chi connectivity index (χ1) is 10.3. The number of benzene rings is 2. The number of rotatable bonds is 4. The fourth-order valence-corrected chi connectivity index (χ4v) is 3.20. The summed E-state index contributed by atoms with van der Waals surface area (Å²) in [6, 6.07) is 15.0. The van der Waals surface area contributed by atoms with Gasteiger partial charge in [0.2, 0.25) is 0 Å². The Morgan fingerprint density at radius 1 is 1.24 bits per heavy atom. The van der Waals surface area contributed by atoms with Crippen molar-refractivity contribution in [2.24, 2.45) is 0 Å². The summed E-state index contributed by atoms with van der Waals surface area (Å²) in [6.45, 7) is 2.59. The predicted molar refractivity (Wildman–Crippen MR) is 88.4 cm³/mol. The SMILES string of the molecule is CCOc1ccc(NC2CCCc3ccccc32)cc1Cl. The van der Waals surface area contributed by atoms with Crippen LogP contribution >= 0.6 is 11.6 Å². The number of nitrogens with one attached hydrogen (secondary N) is 1. The van der Waals surface area contributed by atoms with Crippen LogP contribution in [0.15, 0.2) is 42.5 Å². The summed E-state index contributed by atoms with van der Waals surface area (Å²) >= 11 is 6.26. The molecule has 0 bridgehead atoms. The largest absolute Gasteiger partial charge is 0.492 e. The van der Waals surface area contributed by atoms with E-state index in [1.165, 1.54) is 24.0 Å². The van der Waals surface area contributed by atoms with Gasteiger partial charge in [0.05, 0.1) is 17.7 Å². The van der Waals surface area contributed by atoms with Crippen LogP contribution in [-0.4, -0.2) is 6.61 Å². The van der Waals surface area contributed by atoms with Crippen LogP contribution in [0.5, 0.6) is 5.75 Å². The minimum atomic E-state index is 0.365. The predicted octanol–water partition coefficient (Wildman–Crippen LogP) is 5.23.